The molecule has 1 aliphatic carbocycles. The summed E-state index contributed by atoms with van der Waals surface area (Å²) in [5.41, 5.74) is 4.61. The Bertz CT molecular complexity index is 652. The van der Waals surface area contributed by atoms with Gasteiger partial charge in [0.05, 0.1) is 0 Å². The lowest BCUT2D eigenvalue weighted by atomic mass is 9.84. The van der Waals surface area contributed by atoms with Gasteiger partial charge in [0, 0.05) is 23.0 Å². The molecule has 1 nitrogen and oxygen atoms in total. The van der Waals surface area contributed by atoms with Gasteiger partial charge in [-0.25, -0.2) is 0 Å². The van der Waals surface area contributed by atoms with E-state index in [4.69, 9.17) is 0 Å². The number of aryl methyl sites for hydroxylation is 1. The van der Waals surface area contributed by atoms with Crippen LogP contribution in [0.1, 0.15) is 60.4 Å². The van der Waals surface area contributed by atoms with E-state index in [9.17, 15) is 0 Å². The van der Waals surface area contributed by atoms with Crippen LogP contribution in [0, 0.1) is 18.8 Å². The summed E-state index contributed by atoms with van der Waals surface area (Å²) in [4.78, 5) is 4.19. The molecule has 0 saturated heterocycles. The Morgan fingerprint density at radius 2 is 1.62 bits per heavy atom. The van der Waals surface area contributed by atoms with Gasteiger partial charge in [-0.15, -0.1) is 0 Å². The molecule has 0 aliphatic heterocycles. The van der Waals surface area contributed by atoms with Gasteiger partial charge in [0.15, 0.2) is 0 Å². The predicted octanol–water partition coefficient (Wildman–Crippen LogP) is 4.84. The lowest BCUT2D eigenvalue weighted by Gasteiger charge is -2.21. The van der Waals surface area contributed by atoms with Crippen LogP contribution in [0.25, 0.3) is 0 Å². The average molecular weight is 275 g/mol. The Morgan fingerprint density at radius 3 is 2.33 bits per heavy atom. The summed E-state index contributed by atoms with van der Waals surface area (Å²) in [7, 11) is 0. The Labute approximate surface area is 127 Å². The van der Waals surface area contributed by atoms with E-state index in [0.717, 1.165) is 22.7 Å². The molecule has 1 heteroatoms. The fourth-order valence-corrected chi connectivity index (χ4v) is 3.04. The van der Waals surface area contributed by atoms with E-state index in [1.165, 1.54) is 37.7 Å². The fraction of sp³-hybridized carbons (Fsp3) is 0.350. The van der Waals surface area contributed by atoms with E-state index >= 15 is 0 Å². The van der Waals surface area contributed by atoms with Crippen LogP contribution < -0.4 is 0 Å². The van der Waals surface area contributed by atoms with Crippen molar-refractivity contribution in [3.8, 4) is 11.8 Å². The molecule has 21 heavy (non-hydrogen) atoms. The number of aromatic nitrogens is 1. The third-order valence-electron chi connectivity index (χ3n) is 4.24. The molecular formula is C20H21N. The van der Waals surface area contributed by atoms with E-state index in [-0.39, 0.29) is 0 Å². The lowest BCUT2D eigenvalue weighted by Crippen LogP contribution is -2.04. The molecule has 1 heterocycles. The summed E-state index contributed by atoms with van der Waals surface area (Å²) in [6.45, 7) is 1.99. The second-order valence-corrected chi connectivity index (χ2v) is 5.89. The molecule has 0 amide bonds. The highest BCUT2D eigenvalue weighted by atomic mass is 14.6. The summed E-state index contributed by atoms with van der Waals surface area (Å²) in [6, 6.07) is 12.8. The highest BCUT2D eigenvalue weighted by Crippen LogP contribution is 2.32. The zero-order valence-corrected chi connectivity index (χ0v) is 12.6. The van der Waals surface area contributed by atoms with Crippen LogP contribution in [-0.2, 0) is 0 Å². The zero-order chi connectivity index (χ0) is 14.5. The monoisotopic (exact) mass is 275 g/mol. The van der Waals surface area contributed by atoms with Crippen molar-refractivity contribution in [1.29, 1.82) is 0 Å². The second kappa shape index (κ2) is 6.59. The van der Waals surface area contributed by atoms with E-state index in [1.807, 2.05) is 25.3 Å². The maximum absolute atomic E-state index is 4.19. The van der Waals surface area contributed by atoms with Crippen LogP contribution in [-0.4, -0.2) is 4.98 Å². The normalized spacial score (nSPS) is 15.3. The Morgan fingerprint density at radius 1 is 0.905 bits per heavy atom. The molecule has 3 rings (SSSR count). The standard InChI is InChI=1S/C20H21N/c1-16-15-18(13-14-21-16)8-7-17-9-11-20(12-10-17)19-5-3-2-4-6-19/h9-15,19H,2-6H2,1H3. The van der Waals surface area contributed by atoms with Crippen LogP contribution in [0.15, 0.2) is 42.6 Å². The SMILES string of the molecule is Cc1cc(C#Cc2ccc(C3CCCCC3)cc2)ccn1. The molecule has 0 radical (unpaired) electrons. The van der Waals surface area contributed by atoms with Crippen LogP contribution in [0.2, 0.25) is 0 Å². The van der Waals surface area contributed by atoms with Crippen molar-refractivity contribution in [2.45, 2.75) is 44.9 Å². The molecular weight excluding hydrogens is 254 g/mol. The number of pyridine rings is 1. The van der Waals surface area contributed by atoms with Crippen molar-refractivity contribution in [3.63, 3.8) is 0 Å². The molecule has 1 aliphatic rings. The Kier molecular flexibility index (Phi) is 4.36. The molecule has 0 spiro atoms. The molecule has 0 bridgehead atoms. The molecule has 0 unspecified atom stereocenters. The van der Waals surface area contributed by atoms with Gasteiger partial charge in [0.2, 0.25) is 0 Å². The molecule has 0 atom stereocenters. The molecule has 1 fully saturated rings. The number of hydrogen-bond acceptors (Lipinski definition) is 1. The minimum absolute atomic E-state index is 0.767. The van der Waals surface area contributed by atoms with E-state index in [2.05, 4.69) is 41.1 Å². The van der Waals surface area contributed by atoms with Crippen molar-refractivity contribution in [3.05, 3.63) is 65.0 Å². The van der Waals surface area contributed by atoms with Crippen molar-refractivity contribution in [2.24, 2.45) is 0 Å². The van der Waals surface area contributed by atoms with E-state index < -0.39 is 0 Å². The summed E-state index contributed by atoms with van der Waals surface area (Å²) < 4.78 is 0. The minimum Gasteiger partial charge on any atom is -0.262 e. The first-order valence-electron chi connectivity index (χ1n) is 7.86. The first kappa shape index (κ1) is 13.9. The first-order chi connectivity index (χ1) is 10.3. The van der Waals surface area contributed by atoms with Gasteiger partial charge >= 0.3 is 0 Å². The van der Waals surface area contributed by atoms with Crippen LogP contribution in [0.4, 0.5) is 0 Å². The highest BCUT2D eigenvalue weighted by Gasteiger charge is 2.14. The van der Waals surface area contributed by atoms with Crippen molar-refractivity contribution >= 4 is 0 Å². The summed E-state index contributed by atoms with van der Waals surface area (Å²) in [5.74, 6) is 7.22. The lowest BCUT2D eigenvalue weighted by molar-refractivity contribution is 0.443. The molecule has 1 aromatic heterocycles. The zero-order valence-electron chi connectivity index (χ0n) is 12.6. The summed E-state index contributed by atoms with van der Waals surface area (Å²) in [6.07, 6.45) is 8.68. The Balaban J connectivity index is 1.73. The van der Waals surface area contributed by atoms with Gasteiger partial charge in [0.25, 0.3) is 0 Å². The van der Waals surface area contributed by atoms with E-state index in [0.29, 0.717) is 0 Å². The van der Waals surface area contributed by atoms with Gasteiger partial charge in [-0.3, -0.25) is 4.98 Å². The summed E-state index contributed by atoms with van der Waals surface area (Å²) >= 11 is 0. The van der Waals surface area contributed by atoms with Gasteiger partial charge in [-0.05, 0) is 55.5 Å². The highest BCUT2D eigenvalue weighted by molar-refractivity contribution is 5.43. The largest absolute Gasteiger partial charge is 0.262 e. The maximum atomic E-state index is 4.19. The molecule has 1 aromatic carbocycles. The number of benzene rings is 1. The van der Waals surface area contributed by atoms with Gasteiger partial charge in [0.1, 0.15) is 0 Å². The third-order valence-corrected chi connectivity index (χ3v) is 4.24. The van der Waals surface area contributed by atoms with Crippen LogP contribution in [0.5, 0.6) is 0 Å². The average Bonchev–Trinajstić information content (AvgIpc) is 2.54. The van der Waals surface area contributed by atoms with Gasteiger partial charge in [-0.1, -0.05) is 43.2 Å². The number of rotatable bonds is 1. The quantitative estimate of drug-likeness (QED) is 0.679. The molecule has 1 saturated carbocycles. The smallest absolute Gasteiger partial charge is 0.0385 e. The minimum atomic E-state index is 0.767. The topological polar surface area (TPSA) is 12.9 Å². The van der Waals surface area contributed by atoms with Gasteiger partial charge < -0.3 is 0 Å². The van der Waals surface area contributed by atoms with E-state index in [1.54, 1.807) is 0 Å². The number of hydrogen-bond donors (Lipinski definition) is 0. The number of nitrogens with zero attached hydrogens (tertiary/aromatic N) is 1. The first-order valence-corrected chi connectivity index (χ1v) is 7.86. The Hall–Kier alpha value is -2.07. The van der Waals surface area contributed by atoms with Crippen LogP contribution in [0.3, 0.4) is 0 Å². The molecule has 0 N–H and O–H groups in total. The van der Waals surface area contributed by atoms with Gasteiger partial charge in [-0.2, -0.15) is 0 Å². The fourth-order valence-electron chi connectivity index (χ4n) is 3.04. The van der Waals surface area contributed by atoms with Crippen LogP contribution >= 0.6 is 0 Å². The van der Waals surface area contributed by atoms with Crippen molar-refractivity contribution in [1.82, 2.24) is 4.98 Å². The maximum Gasteiger partial charge on any atom is 0.0385 e. The molecule has 2 aromatic rings. The van der Waals surface area contributed by atoms with Crippen molar-refractivity contribution in [2.75, 3.05) is 0 Å². The predicted molar refractivity (Wildman–Crippen MR) is 87.2 cm³/mol. The van der Waals surface area contributed by atoms with Crippen molar-refractivity contribution < 1.29 is 0 Å². The second-order valence-electron chi connectivity index (χ2n) is 5.89. The summed E-state index contributed by atoms with van der Waals surface area (Å²) in [5, 5.41) is 0. The third kappa shape index (κ3) is 3.73. The molecule has 106 valence electrons.